The van der Waals surface area contributed by atoms with Crippen molar-refractivity contribution in [2.24, 2.45) is 0 Å². The molecule has 2 aromatic carbocycles. The zero-order chi connectivity index (χ0) is 22.0. The number of aryl methyl sites for hydroxylation is 2. The Morgan fingerprint density at radius 2 is 1.42 bits per heavy atom. The average Bonchev–Trinajstić information content (AvgIpc) is 2.74. The van der Waals surface area contributed by atoms with Gasteiger partial charge in [-0.2, -0.15) is 0 Å². The van der Waals surface area contributed by atoms with E-state index in [4.69, 9.17) is 14.5 Å². The standard InChI is InChI=1S/C24H22F3NO3/c1-15-22(23(29-2)20-5-3-4-6-21(20)28-15)16-7-9-17(10-8-16)30-18-11-13-19(14-12-18)31-24(25,26)27/h7-14H,3-6H2,1-2H3. The van der Waals surface area contributed by atoms with E-state index in [-0.39, 0.29) is 5.75 Å². The molecule has 0 N–H and O–H groups in total. The van der Waals surface area contributed by atoms with Crippen LogP contribution in [0.25, 0.3) is 11.1 Å². The lowest BCUT2D eigenvalue weighted by molar-refractivity contribution is -0.274. The van der Waals surface area contributed by atoms with Crippen molar-refractivity contribution in [3.05, 3.63) is 65.5 Å². The van der Waals surface area contributed by atoms with E-state index in [1.54, 1.807) is 7.11 Å². The summed E-state index contributed by atoms with van der Waals surface area (Å²) in [6, 6.07) is 12.8. The van der Waals surface area contributed by atoms with Crippen LogP contribution in [0.3, 0.4) is 0 Å². The van der Waals surface area contributed by atoms with Crippen molar-refractivity contribution in [3.63, 3.8) is 0 Å². The van der Waals surface area contributed by atoms with E-state index < -0.39 is 6.36 Å². The monoisotopic (exact) mass is 429 g/mol. The second-order valence-corrected chi connectivity index (χ2v) is 7.38. The third kappa shape index (κ3) is 4.76. The minimum atomic E-state index is -4.72. The summed E-state index contributed by atoms with van der Waals surface area (Å²) in [5, 5.41) is 0. The lowest BCUT2D eigenvalue weighted by Crippen LogP contribution is -2.16. The normalized spacial score (nSPS) is 13.5. The summed E-state index contributed by atoms with van der Waals surface area (Å²) in [5.41, 5.74) is 5.18. The summed E-state index contributed by atoms with van der Waals surface area (Å²) in [7, 11) is 1.69. The van der Waals surface area contributed by atoms with Crippen LogP contribution in [0.15, 0.2) is 48.5 Å². The zero-order valence-corrected chi connectivity index (χ0v) is 17.3. The molecule has 0 bridgehead atoms. The van der Waals surface area contributed by atoms with Gasteiger partial charge in [0, 0.05) is 22.5 Å². The number of rotatable bonds is 5. The van der Waals surface area contributed by atoms with Crippen molar-refractivity contribution in [3.8, 4) is 34.1 Å². The van der Waals surface area contributed by atoms with E-state index in [0.29, 0.717) is 11.5 Å². The number of aromatic nitrogens is 1. The maximum atomic E-state index is 12.3. The van der Waals surface area contributed by atoms with E-state index in [1.807, 2.05) is 31.2 Å². The van der Waals surface area contributed by atoms with Crippen molar-refractivity contribution in [1.82, 2.24) is 4.98 Å². The van der Waals surface area contributed by atoms with Gasteiger partial charge in [0.25, 0.3) is 0 Å². The number of benzene rings is 2. The molecule has 0 unspecified atom stereocenters. The molecule has 0 atom stereocenters. The van der Waals surface area contributed by atoms with E-state index in [2.05, 4.69) is 4.74 Å². The number of nitrogens with zero attached hydrogens (tertiary/aromatic N) is 1. The maximum absolute atomic E-state index is 12.3. The van der Waals surface area contributed by atoms with Crippen LogP contribution < -0.4 is 14.2 Å². The molecular formula is C24H22F3NO3. The molecule has 0 saturated carbocycles. The molecule has 1 aliphatic carbocycles. The zero-order valence-electron chi connectivity index (χ0n) is 17.3. The van der Waals surface area contributed by atoms with Crippen LogP contribution in [0.1, 0.15) is 29.8 Å². The minimum Gasteiger partial charge on any atom is -0.496 e. The van der Waals surface area contributed by atoms with Crippen LogP contribution in [0.4, 0.5) is 13.2 Å². The van der Waals surface area contributed by atoms with Gasteiger partial charge in [0.05, 0.1) is 7.11 Å². The smallest absolute Gasteiger partial charge is 0.496 e. The second kappa shape index (κ2) is 8.49. The fraction of sp³-hybridized carbons (Fsp3) is 0.292. The lowest BCUT2D eigenvalue weighted by atomic mass is 9.91. The van der Waals surface area contributed by atoms with Crippen LogP contribution in [0.2, 0.25) is 0 Å². The summed E-state index contributed by atoms with van der Waals surface area (Å²) in [4.78, 5) is 4.82. The van der Waals surface area contributed by atoms with Gasteiger partial charge in [-0.05, 0) is 74.6 Å². The topological polar surface area (TPSA) is 40.6 Å². The van der Waals surface area contributed by atoms with E-state index in [0.717, 1.165) is 53.9 Å². The van der Waals surface area contributed by atoms with Gasteiger partial charge in [0.15, 0.2) is 0 Å². The predicted octanol–water partition coefficient (Wildman–Crippen LogP) is 6.64. The Labute approximate surface area is 178 Å². The Bertz CT molecular complexity index is 1060. The number of hydrogen-bond acceptors (Lipinski definition) is 4. The van der Waals surface area contributed by atoms with Crippen molar-refractivity contribution < 1.29 is 27.4 Å². The van der Waals surface area contributed by atoms with Gasteiger partial charge in [-0.3, -0.25) is 4.98 Å². The Hall–Kier alpha value is -3.22. The third-order valence-corrected chi connectivity index (χ3v) is 5.24. The summed E-state index contributed by atoms with van der Waals surface area (Å²) in [5.74, 6) is 1.57. The number of pyridine rings is 1. The molecule has 0 spiro atoms. The number of halogens is 3. The van der Waals surface area contributed by atoms with Crippen LogP contribution in [0, 0.1) is 6.92 Å². The first-order valence-corrected chi connectivity index (χ1v) is 10.0. The molecule has 0 amide bonds. The van der Waals surface area contributed by atoms with Crippen molar-refractivity contribution in [2.45, 2.75) is 39.0 Å². The molecule has 7 heteroatoms. The number of hydrogen-bond donors (Lipinski definition) is 0. The SMILES string of the molecule is COc1c2c(nc(C)c1-c1ccc(Oc3ccc(OC(F)(F)F)cc3)cc1)CCCC2. The molecule has 1 aliphatic rings. The molecule has 0 fully saturated rings. The molecule has 0 aliphatic heterocycles. The van der Waals surface area contributed by atoms with Crippen molar-refractivity contribution in [2.75, 3.05) is 7.11 Å². The summed E-state index contributed by atoms with van der Waals surface area (Å²) in [6.07, 6.45) is -0.492. The van der Waals surface area contributed by atoms with Crippen LogP contribution in [0.5, 0.6) is 23.0 Å². The largest absolute Gasteiger partial charge is 0.573 e. The molecule has 31 heavy (non-hydrogen) atoms. The molecule has 1 aromatic heterocycles. The maximum Gasteiger partial charge on any atom is 0.573 e. The van der Waals surface area contributed by atoms with E-state index in [1.165, 1.54) is 29.8 Å². The number of fused-ring (bicyclic) bond motifs is 1. The highest BCUT2D eigenvalue weighted by molar-refractivity contribution is 5.75. The number of ether oxygens (including phenoxy) is 3. The molecule has 162 valence electrons. The number of methoxy groups -OCH3 is 1. The molecule has 0 saturated heterocycles. The fourth-order valence-electron chi connectivity index (χ4n) is 3.93. The first-order chi connectivity index (χ1) is 14.8. The first-order valence-electron chi connectivity index (χ1n) is 10.0. The van der Waals surface area contributed by atoms with Crippen LogP contribution in [-0.2, 0) is 12.8 Å². The second-order valence-electron chi connectivity index (χ2n) is 7.38. The van der Waals surface area contributed by atoms with Crippen molar-refractivity contribution in [1.29, 1.82) is 0 Å². The highest BCUT2D eigenvalue weighted by atomic mass is 19.4. The van der Waals surface area contributed by atoms with Crippen LogP contribution in [-0.4, -0.2) is 18.5 Å². The lowest BCUT2D eigenvalue weighted by Gasteiger charge is -2.22. The summed E-state index contributed by atoms with van der Waals surface area (Å²) < 4.78 is 52.2. The van der Waals surface area contributed by atoms with Gasteiger partial charge < -0.3 is 14.2 Å². The van der Waals surface area contributed by atoms with Gasteiger partial charge in [-0.1, -0.05) is 12.1 Å². The Kier molecular flexibility index (Phi) is 5.76. The van der Waals surface area contributed by atoms with E-state index >= 15 is 0 Å². The average molecular weight is 429 g/mol. The highest BCUT2D eigenvalue weighted by Gasteiger charge is 2.31. The first kappa shape index (κ1) is 21.0. The molecule has 0 radical (unpaired) electrons. The predicted molar refractivity (Wildman–Crippen MR) is 111 cm³/mol. The van der Waals surface area contributed by atoms with Gasteiger partial charge in [-0.25, -0.2) is 0 Å². The van der Waals surface area contributed by atoms with Crippen LogP contribution >= 0.6 is 0 Å². The Morgan fingerprint density at radius 3 is 2.03 bits per heavy atom. The molecule has 1 heterocycles. The van der Waals surface area contributed by atoms with Gasteiger partial charge in [-0.15, -0.1) is 13.2 Å². The van der Waals surface area contributed by atoms with E-state index in [9.17, 15) is 13.2 Å². The third-order valence-electron chi connectivity index (χ3n) is 5.24. The quantitative estimate of drug-likeness (QED) is 0.456. The highest BCUT2D eigenvalue weighted by Crippen LogP contribution is 2.40. The Morgan fingerprint density at radius 1 is 0.839 bits per heavy atom. The van der Waals surface area contributed by atoms with Gasteiger partial charge in [0.1, 0.15) is 23.0 Å². The van der Waals surface area contributed by atoms with Crippen molar-refractivity contribution >= 4 is 0 Å². The minimum absolute atomic E-state index is 0.294. The summed E-state index contributed by atoms with van der Waals surface area (Å²) >= 11 is 0. The molecular weight excluding hydrogens is 407 g/mol. The van der Waals surface area contributed by atoms with Gasteiger partial charge >= 0.3 is 6.36 Å². The molecule has 4 rings (SSSR count). The van der Waals surface area contributed by atoms with Gasteiger partial charge in [0.2, 0.25) is 0 Å². The molecule has 4 nitrogen and oxygen atoms in total. The fourth-order valence-corrected chi connectivity index (χ4v) is 3.93. The number of alkyl halides is 3. The summed E-state index contributed by atoms with van der Waals surface area (Å²) in [6.45, 7) is 1.99. The molecule has 3 aromatic rings. The Balaban J connectivity index is 1.55.